The summed E-state index contributed by atoms with van der Waals surface area (Å²) < 4.78 is 0. The maximum atomic E-state index is 11.3. The van der Waals surface area contributed by atoms with Gasteiger partial charge in [-0.1, -0.05) is 33.6 Å². The monoisotopic (exact) mass is 295 g/mol. The van der Waals surface area contributed by atoms with Gasteiger partial charge in [-0.3, -0.25) is 0 Å². The summed E-state index contributed by atoms with van der Waals surface area (Å²) in [5, 5.41) is 10.4. The van der Waals surface area contributed by atoms with E-state index in [2.05, 4.69) is 11.9 Å². The highest BCUT2D eigenvalue weighted by Gasteiger charge is 2.27. The van der Waals surface area contributed by atoms with Gasteiger partial charge in [-0.15, -0.1) is 11.3 Å². The molecule has 2 rings (SSSR count). The summed E-state index contributed by atoms with van der Waals surface area (Å²) in [7, 11) is 0. The molecule has 1 N–H and O–H groups in total. The largest absolute Gasteiger partial charge is 0.477 e. The predicted octanol–water partition coefficient (Wildman–Crippen LogP) is 5.04. The van der Waals surface area contributed by atoms with Crippen molar-refractivity contribution in [2.24, 2.45) is 5.92 Å². The third-order valence-corrected chi connectivity index (χ3v) is 5.53. The van der Waals surface area contributed by atoms with Crippen LogP contribution in [-0.2, 0) is 0 Å². The first-order chi connectivity index (χ1) is 9.52. The standard InChI is InChI=1S/C16H25NO2S/c1-4-5-11-6-8-12(9-7-11)15-17-13(10(2)3)14(20-15)16(18)19/h10-12H,4-9H2,1-3H3,(H,18,19). The van der Waals surface area contributed by atoms with Crippen LogP contribution in [0.2, 0.25) is 0 Å². The zero-order chi connectivity index (χ0) is 14.7. The zero-order valence-electron chi connectivity index (χ0n) is 12.7. The molecule has 0 aromatic carbocycles. The SMILES string of the molecule is CCCC1CCC(c2nc(C(C)C)c(C(=O)O)s2)CC1. The molecule has 1 aromatic heterocycles. The molecule has 1 saturated carbocycles. The summed E-state index contributed by atoms with van der Waals surface area (Å²) >= 11 is 1.41. The third-order valence-electron chi connectivity index (χ3n) is 4.30. The van der Waals surface area contributed by atoms with Gasteiger partial charge in [0.25, 0.3) is 0 Å². The molecule has 20 heavy (non-hydrogen) atoms. The Morgan fingerprint density at radius 1 is 1.35 bits per heavy atom. The molecule has 0 atom stereocenters. The number of carboxylic acid groups (broad SMARTS) is 1. The molecule has 1 heterocycles. The van der Waals surface area contributed by atoms with E-state index < -0.39 is 5.97 Å². The van der Waals surface area contributed by atoms with Crippen molar-refractivity contribution < 1.29 is 9.90 Å². The molecule has 1 aliphatic carbocycles. The van der Waals surface area contributed by atoms with Crippen LogP contribution in [0.3, 0.4) is 0 Å². The number of aromatic carboxylic acids is 1. The van der Waals surface area contributed by atoms with E-state index in [1.54, 1.807) is 0 Å². The molecule has 4 heteroatoms. The van der Waals surface area contributed by atoms with Crippen molar-refractivity contribution in [1.29, 1.82) is 0 Å². The first-order valence-corrected chi connectivity index (χ1v) is 8.58. The normalized spacial score (nSPS) is 23.2. The van der Waals surface area contributed by atoms with Gasteiger partial charge in [-0.25, -0.2) is 9.78 Å². The van der Waals surface area contributed by atoms with Crippen molar-refractivity contribution >= 4 is 17.3 Å². The first kappa shape index (κ1) is 15.5. The lowest BCUT2D eigenvalue weighted by molar-refractivity contribution is 0.0700. The van der Waals surface area contributed by atoms with Crippen molar-refractivity contribution in [2.75, 3.05) is 0 Å². The fourth-order valence-electron chi connectivity index (χ4n) is 3.17. The van der Waals surface area contributed by atoms with Crippen molar-refractivity contribution in [3.8, 4) is 0 Å². The van der Waals surface area contributed by atoms with E-state index in [0.29, 0.717) is 10.8 Å². The molecule has 0 radical (unpaired) electrons. The van der Waals surface area contributed by atoms with Crippen LogP contribution < -0.4 is 0 Å². The van der Waals surface area contributed by atoms with E-state index in [1.165, 1.54) is 49.9 Å². The lowest BCUT2D eigenvalue weighted by Gasteiger charge is -2.27. The van der Waals surface area contributed by atoms with Gasteiger partial charge in [-0.05, 0) is 37.5 Å². The van der Waals surface area contributed by atoms with Crippen LogP contribution >= 0.6 is 11.3 Å². The van der Waals surface area contributed by atoms with E-state index in [1.807, 2.05) is 13.8 Å². The topological polar surface area (TPSA) is 50.2 Å². The van der Waals surface area contributed by atoms with Crippen molar-refractivity contribution in [3.63, 3.8) is 0 Å². The summed E-state index contributed by atoms with van der Waals surface area (Å²) in [5.41, 5.74) is 0.771. The molecule has 0 aliphatic heterocycles. The highest BCUT2D eigenvalue weighted by molar-refractivity contribution is 7.13. The second-order valence-corrected chi connectivity index (χ2v) is 7.26. The van der Waals surface area contributed by atoms with E-state index in [-0.39, 0.29) is 5.92 Å². The van der Waals surface area contributed by atoms with Gasteiger partial charge in [0.2, 0.25) is 0 Å². The molecule has 0 amide bonds. The Morgan fingerprint density at radius 3 is 2.45 bits per heavy atom. The predicted molar refractivity (Wildman–Crippen MR) is 82.8 cm³/mol. The van der Waals surface area contributed by atoms with Gasteiger partial charge in [0, 0.05) is 5.92 Å². The average molecular weight is 295 g/mol. The number of rotatable bonds is 5. The average Bonchev–Trinajstić information content (AvgIpc) is 2.85. The molecule has 3 nitrogen and oxygen atoms in total. The van der Waals surface area contributed by atoms with Gasteiger partial charge in [0.05, 0.1) is 10.7 Å². The summed E-state index contributed by atoms with van der Waals surface area (Å²) in [6.07, 6.45) is 7.51. The van der Waals surface area contributed by atoms with Crippen LogP contribution in [0.4, 0.5) is 0 Å². The van der Waals surface area contributed by atoms with Crippen molar-refractivity contribution in [3.05, 3.63) is 15.6 Å². The van der Waals surface area contributed by atoms with Crippen molar-refractivity contribution in [1.82, 2.24) is 4.98 Å². The summed E-state index contributed by atoms with van der Waals surface area (Å²) in [5.74, 6) is 0.720. The fraction of sp³-hybridized carbons (Fsp3) is 0.750. The highest BCUT2D eigenvalue weighted by Crippen LogP contribution is 2.40. The number of thiazole rings is 1. The van der Waals surface area contributed by atoms with Crippen LogP contribution in [0.5, 0.6) is 0 Å². The van der Waals surface area contributed by atoms with E-state index in [4.69, 9.17) is 0 Å². The van der Waals surface area contributed by atoms with E-state index >= 15 is 0 Å². The van der Waals surface area contributed by atoms with E-state index in [0.717, 1.165) is 16.6 Å². The molecule has 112 valence electrons. The zero-order valence-corrected chi connectivity index (χ0v) is 13.5. The summed E-state index contributed by atoms with van der Waals surface area (Å²) in [6.45, 7) is 6.29. The first-order valence-electron chi connectivity index (χ1n) is 7.76. The number of hydrogen-bond donors (Lipinski definition) is 1. The Bertz CT molecular complexity index is 459. The minimum Gasteiger partial charge on any atom is -0.477 e. The summed E-state index contributed by atoms with van der Waals surface area (Å²) in [4.78, 5) is 16.4. The quantitative estimate of drug-likeness (QED) is 0.828. The fourth-order valence-corrected chi connectivity index (χ4v) is 4.40. The number of carbonyl (C=O) groups is 1. The van der Waals surface area contributed by atoms with E-state index in [9.17, 15) is 9.90 Å². The molecule has 1 aliphatic rings. The van der Waals surface area contributed by atoms with Gasteiger partial charge >= 0.3 is 5.97 Å². The minimum atomic E-state index is -0.822. The molecule has 0 spiro atoms. The number of nitrogens with zero attached hydrogens (tertiary/aromatic N) is 1. The second-order valence-electron chi connectivity index (χ2n) is 6.23. The Balaban J connectivity index is 2.10. The molecular formula is C16H25NO2S. The molecular weight excluding hydrogens is 270 g/mol. The van der Waals surface area contributed by atoms with Gasteiger partial charge < -0.3 is 5.11 Å². The minimum absolute atomic E-state index is 0.183. The van der Waals surface area contributed by atoms with Crippen LogP contribution in [0.15, 0.2) is 0 Å². The molecule has 0 saturated heterocycles. The number of carboxylic acids is 1. The van der Waals surface area contributed by atoms with Crippen molar-refractivity contribution in [2.45, 2.75) is 71.1 Å². The Kier molecular flexibility index (Phi) is 5.19. The smallest absolute Gasteiger partial charge is 0.347 e. The maximum Gasteiger partial charge on any atom is 0.347 e. The Morgan fingerprint density at radius 2 is 2.00 bits per heavy atom. The van der Waals surface area contributed by atoms with Gasteiger partial charge in [0.1, 0.15) is 4.88 Å². The van der Waals surface area contributed by atoms with Crippen LogP contribution in [0, 0.1) is 5.92 Å². The van der Waals surface area contributed by atoms with Crippen LogP contribution in [0.25, 0.3) is 0 Å². The Labute approximate surface area is 125 Å². The molecule has 1 aromatic rings. The Hall–Kier alpha value is -0.900. The lowest BCUT2D eigenvalue weighted by atomic mass is 9.80. The van der Waals surface area contributed by atoms with Gasteiger partial charge in [0.15, 0.2) is 0 Å². The number of hydrogen-bond acceptors (Lipinski definition) is 3. The highest BCUT2D eigenvalue weighted by atomic mass is 32.1. The van der Waals surface area contributed by atoms with Crippen LogP contribution in [0.1, 0.15) is 91.5 Å². The van der Waals surface area contributed by atoms with Gasteiger partial charge in [-0.2, -0.15) is 0 Å². The second kappa shape index (κ2) is 6.70. The number of aromatic nitrogens is 1. The lowest BCUT2D eigenvalue weighted by Crippen LogP contribution is -2.13. The summed E-state index contributed by atoms with van der Waals surface area (Å²) in [6, 6.07) is 0. The molecule has 0 bridgehead atoms. The van der Waals surface area contributed by atoms with Crippen LogP contribution in [-0.4, -0.2) is 16.1 Å². The maximum absolute atomic E-state index is 11.3. The third kappa shape index (κ3) is 3.40. The molecule has 1 fully saturated rings. The molecule has 0 unspecified atom stereocenters.